The maximum Gasteiger partial charge on any atom is 0.266 e. The molecule has 2 N–H and O–H groups in total. The normalized spacial score (nSPS) is 17.0. The molecule has 0 spiro atoms. The number of carboxylic acids is 1. The molecule has 1 saturated heterocycles. The van der Waals surface area contributed by atoms with Gasteiger partial charge < -0.3 is 15.6 Å². The van der Waals surface area contributed by atoms with Crippen LogP contribution in [-0.4, -0.2) is 39.3 Å². The first kappa shape index (κ1) is 18.8. The molecule has 130 valence electrons. The molecule has 2 rings (SSSR count). The molecule has 0 aliphatic carbocycles. The summed E-state index contributed by atoms with van der Waals surface area (Å²) in [5.41, 5.74) is 6.19. The van der Waals surface area contributed by atoms with Gasteiger partial charge in [-0.05, 0) is 18.1 Å². The van der Waals surface area contributed by atoms with E-state index in [-0.39, 0.29) is 22.1 Å². The van der Waals surface area contributed by atoms with E-state index in [1.165, 1.54) is 0 Å². The number of nitrogens with zero attached hydrogens (tertiary/aromatic N) is 1. The lowest BCUT2D eigenvalue weighted by molar-refractivity contribution is -0.310. The standard InChI is InChI=1S/C16H14N2O5S2/c17-13(20)6-5-11(15(22)23)18-14(21)12(25-16(18)24)7-9-1-3-10(8-19)4-2-9/h1-4,7-8,11H,5-6H2,(H2,17,20)(H,22,23)/p-1/b12-7-/t11-/m0/s1. The third kappa shape index (κ3) is 4.52. The topological polar surface area (TPSA) is 121 Å². The van der Waals surface area contributed by atoms with Crippen LogP contribution in [0, 0.1) is 0 Å². The molecule has 0 radical (unpaired) electrons. The van der Waals surface area contributed by atoms with E-state index in [0.717, 1.165) is 16.7 Å². The smallest absolute Gasteiger partial charge is 0.266 e. The average molecular weight is 377 g/mol. The predicted octanol–water partition coefficient (Wildman–Crippen LogP) is 0.0843. The third-order valence-corrected chi connectivity index (χ3v) is 4.77. The third-order valence-electron chi connectivity index (χ3n) is 3.44. The van der Waals surface area contributed by atoms with Gasteiger partial charge >= 0.3 is 0 Å². The Morgan fingerprint density at radius 1 is 1.28 bits per heavy atom. The monoisotopic (exact) mass is 377 g/mol. The fraction of sp³-hybridized carbons (Fsp3) is 0.188. The van der Waals surface area contributed by atoms with Crippen LogP contribution in [0.25, 0.3) is 6.08 Å². The zero-order valence-electron chi connectivity index (χ0n) is 12.8. The second kappa shape index (κ2) is 8.04. The fourth-order valence-electron chi connectivity index (χ4n) is 2.20. The maximum absolute atomic E-state index is 12.5. The number of rotatable bonds is 7. The summed E-state index contributed by atoms with van der Waals surface area (Å²) in [4.78, 5) is 46.6. The van der Waals surface area contributed by atoms with Crippen molar-refractivity contribution >= 4 is 58.4 Å². The zero-order chi connectivity index (χ0) is 18.6. The molecule has 1 aliphatic rings. The minimum absolute atomic E-state index is 0.0689. The highest BCUT2D eigenvalue weighted by molar-refractivity contribution is 8.26. The van der Waals surface area contributed by atoms with Crippen LogP contribution in [0.2, 0.25) is 0 Å². The minimum atomic E-state index is -1.51. The fourth-order valence-corrected chi connectivity index (χ4v) is 3.56. The Labute approximate surface area is 152 Å². The summed E-state index contributed by atoms with van der Waals surface area (Å²) in [6.07, 6.45) is 1.87. The average Bonchev–Trinajstić information content (AvgIpc) is 2.83. The number of carbonyl (C=O) groups excluding carboxylic acids is 4. The van der Waals surface area contributed by atoms with Crippen molar-refractivity contribution in [2.45, 2.75) is 18.9 Å². The zero-order valence-corrected chi connectivity index (χ0v) is 14.5. The van der Waals surface area contributed by atoms with Crippen molar-refractivity contribution in [3.05, 3.63) is 40.3 Å². The Bertz CT molecular complexity index is 773. The minimum Gasteiger partial charge on any atom is -0.548 e. The van der Waals surface area contributed by atoms with Gasteiger partial charge in [0.2, 0.25) is 5.91 Å². The summed E-state index contributed by atoms with van der Waals surface area (Å²) in [7, 11) is 0. The Morgan fingerprint density at radius 2 is 1.88 bits per heavy atom. The van der Waals surface area contributed by atoms with Crippen LogP contribution in [0.3, 0.4) is 0 Å². The van der Waals surface area contributed by atoms with Gasteiger partial charge in [0.1, 0.15) is 10.6 Å². The highest BCUT2D eigenvalue weighted by Crippen LogP contribution is 2.34. The van der Waals surface area contributed by atoms with Crippen LogP contribution in [0.1, 0.15) is 28.8 Å². The lowest BCUT2D eigenvalue weighted by Gasteiger charge is -2.27. The Morgan fingerprint density at radius 3 is 2.40 bits per heavy atom. The lowest BCUT2D eigenvalue weighted by atomic mass is 10.1. The number of hydrogen-bond acceptors (Lipinski definition) is 7. The van der Waals surface area contributed by atoms with Crippen molar-refractivity contribution in [1.29, 1.82) is 0 Å². The molecule has 0 saturated carbocycles. The number of aliphatic carboxylic acids is 1. The number of aldehydes is 1. The molecule has 0 bridgehead atoms. The SMILES string of the molecule is NC(=O)CC[C@@H](C(=O)[O-])N1C(=O)/C(=C/c2ccc(C=O)cc2)SC1=S. The van der Waals surface area contributed by atoms with Crippen LogP contribution in [0.5, 0.6) is 0 Å². The van der Waals surface area contributed by atoms with Crippen molar-refractivity contribution < 1.29 is 24.3 Å². The van der Waals surface area contributed by atoms with Crippen molar-refractivity contribution in [2.24, 2.45) is 5.73 Å². The molecule has 1 aliphatic heterocycles. The maximum atomic E-state index is 12.5. The summed E-state index contributed by atoms with van der Waals surface area (Å²) in [6.45, 7) is 0. The summed E-state index contributed by atoms with van der Waals surface area (Å²) in [5.74, 6) is -2.76. The Balaban J connectivity index is 2.24. The second-order valence-electron chi connectivity index (χ2n) is 5.18. The number of carboxylic acid groups (broad SMARTS) is 1. The summed E-state index contributed by atoms with van der Waals surface area (Å²) in [6, 6.07) is 5.13. The highest BCUT2D eigenvalue weighted by atomic mass is 32.2. The second-order valence-corrected chi connectivity index (χ2v) is 6.85. The molecule has 9 heteroatoms. The molecule has 1 fully saturated rings. The molecule has 1 aromatic rings. The molecule has 2 amide bonds. The van der Waals surface area contributed by atoms with Crippen LogP contribution < -0.4 is 10.8 Å². The number of thiocarbonyl (C=S) groups is 1. The number of thioether (sulfide) groups is 1. The van der Waals surface area contributed by atoms with E-state index in [9.17, 15) is 24.3 Å². The first-order valence-electron chi connectivity index (χ1n) is 7.15. The predicted molar refractivity (Wildman–Crippen MR) is 94.1 cm³/mol. The molecule has 7 nitrogen and oxygen atoms in total. The highest BCUT2D eigenvalue weighted by Gasteiger charge is 2.37. The van der Waals surface area contributed by atoms with E-state index in [4.69, 9.17) is 18.0 Å². The van der Waals surface area contributed by atoms with E-state index in [1.54, 1.807) is 30.3 Å². The van der Waals surface area contributed by atoms with Crippen molar-refractivity contribution in [3.8, 4) is 0 Å². The summed E-state index contributed by atoms with van der Waals surface area (Å²) in [5, 5.41) is 11.3. The van der Waals surface area contributed by atoms with E-state index in [2.05, 4.69) is 0 Å². The Hall–Kier alpha value is -2.52. The molecular formula is C16H13N2O5S2-. The largest absolute Gasteiger partial charge is 0.548 e. The van der Waals surface area contributed by atoms with E-state index < -0.39 is 23.8 Å². The lowest BCUT2D eigenvalue weighted by Crippen LogP contribution is -2.50. The number of hydrogen-bond donors (Lipinski definition) is 1. The van der Waals surface area contributed by atoms with Crippen LogP contribution in [0.15, 0.2) is 29.2 Å². The van der Waals surface area contributed by atoms with Crippen molar-refractivity contribution in [1.82, 2.24) is 4.90 Å². The molecule has 1 aromatic carbocycles. The number of amides is 2. The van der Waals surface area contributed by atoms with Gasteiger partial charge in [-0.1, -0.05) is 48.2 Å². The van der Waals surface area contributed by atoms with E-state index in [1.807, 2.05) is 0 Å². The summed E-state index contributed by atoms with van der Waals surface area (Å²) < 4.78 is 0.0689. The van der Waals surface area contributed by atoms with Gasteiger partial charge in [0.15, 0.2) is 0 Å². The molecule has 0 aromatic heterocycles. The van der Waals surface area contributed by atoms with Gasteiger partial charge in [-0.15, -0.1) is 0 Å². The molecule has 0 unspecified atom stereocenters. The van der Waals surface area contributed by atoms with Crippen LogP contribution in [0.4, 0.5) is 0 Å². The van der Waals surface area contributed by atoms with Crippen LogP contribution in [-0.2, 0) is 14.4 Å². The Kier molecular flexibility index (Phi) is 6.05. The van der Waals surface area contributed by atoms with E-state index in [0.29, 0.717) is 17.4 Å². The first-order chi connectivity index (χ1) is 11.8. The van der Waals surface area contributed by atoms with Gasteiger partial charge in [0.05, 0.1) is 16.9 Å². The van der Waals surface area contributed by atoms with Gasteiger partial charge in [-0.3, -0.25) is 19.3 Å². The van der Waals surface area contributed by atoms with Crippen molar-refractivity contribution in [3.63, 3.8) is 0 Å². The molecular weight excluding hydrogens is 364 g/mol. The summed E-state index contributed by atoms with van der Waals surface area (Å²) >= 11 is 6.06. The first-order valence-corrected chi connectivity index (χ1v) is 8.37. The quantitative estimate of drug-likeness (QED) is 0.406. The van der Waals surface area contributed by atoms with Gasteiger partial charge in [-0.2, -0.15) is 0 Å². The molecule has 25 heavy (non-hydrogen) atoms. The number of nitrogens with two attached hydrogens (primary N) is 1. The van der Waals surface area contributed by atoms with Gasteiger partial charge in [0, 0.05) is 12.0 Å². The number of primary amides is 1. The van der Waals surface area contributed by atoms with Gasteiger partial charge in [0.25, 0.3) is 5.91 Å². The number of carbonyl (C=O) groups is 4. The molecule has 1 heterocycles. The van der Waals surface area contributed by atoms with Crippen molar-refractivity contribution in [2.75, 3.05) is 0 Å². The van der Waals surface area contributed by atoms with Gasteiger partial charge in [-0.25, -0.2) is 0 Å². The van der Waals surface area contributed by atoms with Crippen LogP contribution >= 0.6 is 24.0 Å². The molecule has 1 atom stereocenters. The number of benzene rings is 1. The van der Waals surface area contributed by atoms with E-state index >= 15 is 0 Å².